The molecular formula is C19H23N3S. The van der Waals surface area contributed by atoms with Gasteiger partial charge in [0.25, 0.3) is 0 Å². The molecule has 1 aliphatic carbocycles. The van der Waals surface area contributed by atoms with Gasteiger partial charge in [-0.1, -0.05) is 31.2 Å². The second-order valence-corrected chi connectivity index (χ2v) is 6.50. The van der Waals surface area contributed by atoms with E-state index in [0.717, 1.165) is 23.8 Å². The fraction of sp³-hybridized carbons (Fsp3) is 0.368. The zero-order chi connectivity index (χ0) is 16.2. The highest BCUT2D eigenvalue weighted by atomic mass is 32.1. The summed E-state index contributed by atoms with van der Waals surface area (Å²) >= 11 is 5.73. The second-order valence-electron chi connectivity index (χ2n) is 6.11. The van der Waals surface area contributed by atoms with Gasteiger partial charge >= 0.3 is 0 Å². The minimum Gasteiger partial charge on any atom is -0.342 e. The summed E-state index contributed by atoms with van der Waals surface area (Å²) in [5, 5.41) is 4.33. The number of thiocarbonyl (C=S) groups is 1. The van der Waals surface area contributed by atoms with Crippen LogP contribution in [0.3, 0.4) is 0 Å². The normalized spacial score (nSPS) is 13.7. The van der Waals surface area contributed by atoms with Crippen molar-refractivity contribution in [3.05, 3.63) is 59.4 Å². The summed E-state index contributed by atoms with van der Waals surface area (Å²) in [5.41, 5.74) is 4.91. The highest BCUT2D eigenvalue weighted by Crippen LogP contribution is 2.30. The molecule has 0 atom stereocenters. The van der Waals surface area contributed by atoms with Crippen LogP contribution in [-0.4, -0.2) is 21.0 Å². The smallest absolute Gasteiger partial charge is 0.173 e. The molecule has 0 bridgehead atoms. The minimum atomic E-state index is 0.560. The lowest BCUT2D eigenvalue weighted by Gasteiger charge is -2.27. The van der Waals surface area contributed by atoms with Gasteiger partial charge in [-0.25, -0.2) is 0 Å². The number of hydrogen-bond donors (Lipinski definition) is 1. The zero-order valence-corrected chi connectivity index (χ0v) is 14.6. The number of pyridine rings is 1. The van der Waals surface area contributed by atoms with Crippen LogP contribution < -0.4 is 5.32 Å². The molecule has 1 aromatic heterocycles. The van der Waals surface area contributed by atoms with Crippen molar-refractivity contribution < 1.29 is 0 Å². The van der Waals surface area contributed by atoms with Crippen LogP contribution in [0.25, 0.3) is 0 Å². The van der Waals surface area contributed by atoms with Crippen LogP contribution >= 0.6 is 12.2 Å². The van der Waals surface area contributed by atoms with E-state index in [0.29, 0.717) is 6.04 Å². The van der Waals surface area contributed by atoms with Crippen LogP contribution in [0, 0.1) is 6.92 Å². The fourth-order valence-corrected chi connectivity index (χ4v) is 3.14. The summed E-state index contributed by atoms with van der Waals surface area (Å²) in [4.78, 5) is 6.52. The van der Waals surface area contributed by atoms with Crippen molar-refractivity contribution in [2.24, 2.45) is 0 Å². The van der Waals surface area contributed by atoms with E-state index >= 15 is 0 Å². The lowest BCUT2D eigenvalue weighted by molar-refractivity contribution is 0.409. The molecule has 2 aromatic rings. The maximum Gasteiger partial charge on any atom is 0.173 e. The zero-order valence-electron chi connectivity index (χ0n) is 13.7. The molecule has 4 heteroatoms. The van der Waals surface area contributed by atoms with Crippen LogP contribution in [0.4, 0.5) is 5.69 Å². The number of benzene rings is 1. The predicted molar refractivity (Wildman–Crippen MR) is 99.6 cm³/mol. The summed E-state index contributed by atoms with van der Waals surface area (Å²) in [7, 11) is 0. The number of nitrogens with zero attached hydrogens (tertiary/aromatic N) is 2. The van der Waals surface area contributed by atoms with E-state index in [2.05, 4.69) is 53.3 Å². The SMILES string of the molecule is CCc1cccc(C)c1NC(=S)N(Cc1cccnc1)C1CC1. The average molecular weight is 325 g/mol. The van der Waals surface area contributed by atoms with Gasteiger partial charge in [0.15, 0.2) is 5.11 Å². The molecule has 0 aliphatic heterocycles. The van der Waals surface area contributed by atoms with Crippen molar-refractivity contribution in [3.8, 4) is 0 Å². The molecule has 3 nitrogen and oxygen atoms in total. The molecule has 1 aromatic carbocycles. The van der Waals surface area contributed by atoms with Gasteiger partial charge in [-0.2, -0.15) is 0 Å². The van der Waals surface area contributed by atoms with E-state index < -0.39 is 0 Å². The van der Waals surface area contributed by atoms with E-state index in [9.17, 15) is 0 Å². The van der Waals surface area contributed by atoms with Gasteiger partial charge in [0.1, 0.15) is 0 Å². The molecule has 0 saturated heterocycles. The van der Waals surface area contributed by atoms with Crippen molar-refractivity contribution >= 4 is 23.0 Å². The van der Waals surface area contributed by atoms with E-state index in [-0.39, 0.29) is 0 Å². The lowest BCUT2D eigenvalue weighted by atomic mass is 10.1. The number of para-hydroxylation sites is 1. The van der Waals surface area contributed by atoms with Gasteiger partial charge in [-0.3, -0.25) is 4.98 Å². The third-order valence-corrected chi connectivity index (χ3v) is 4.63. The van der Waals surface area contributed by atoms with E-state index in [1.54, 1.807) is 0 Å². The number of aromatic nitrogens is 1. The molecule has 1 heterocycles. The molecule has 0 spiro atoms. The molecule has 1 fully saturated rings. The largest absolute Gasteiger partial charge is 0.342 e. The van der Waals surface area contributed by atoms with Crippen molar-refractivity contribution in [3.63, 3.8) is 0 Å². The van der Waals surface area contributed by atoms with Gasteiger partial charge in [-0.05, 0) is 61.2 Å². The molecular weight excluding hydrogens is 302 g/mol. The average Bonchev–Trinajstić information content (AvgIpc) is 3.40. The van der Waals surface area contributed by atoms with Gasteiger partial charge in [0.2, 0.25) is 0 Å². The first-order chi connectivity index (χ1) is 11.2. The minimum absolute atomic E-state index is 0.560. The van der Waals surface area contributed by atoms with E-state index in [1.165, 1.54) is 29.5 Å². The van der Waals surface area contributed by atoms with Crippen LogP contribution in [-0.2, 0) is 13.0 Å². The Morgan fingerprint density at radius 1 is 1.30 bits per heavy atom. The van der Waals surface area contributed by atoms with Crippen LogP contribution in [0.1, 0.15) is 36.5 Å². The molecule has 0 unspecified atom stereocenters. The maximum absolute atomic E-state index is 5.73. The summed E-state index contributed by atoms with van der Waals surface area (Å²) < 4.78 is 0. The molecule has 1 aliphatic rings. The first-order valence-corrected chi connectivity index (χ1v) is 8.65. The van der Waals surface area contributed by atoms with Gasteiger partial charge < -0.3 is 10.2 Å². The Bertz CT molecular complexity index is 680. The Labute approximate surface area is 143 Å². The maximum atomic E-state index is 5.73. The summed E-state index contributed by atoms with van der Waals surface area (Å²) in [6, 6.07) is 11.1. The number of hydrogen-bond acceptors (Lipinski definition) is 2. The number of aryl methyl sites for hydroxylation is 2. The summed E-state index contributed by atoms with van der Waals surface area (Å²) in [6.45, 7) is 5.13. The number of nitrogens with one attached hydrogen (secondary N) is 1. The van der Waals surface area contributed by atoms with E-state index in [4.69, 9.17) is 12.2 Å². The second kappa shape index (κ2) is 7.09. The van der Waals surface area contributed by atoms with Crippen molar-refractivity contribution in [2.75, 3.05) is 5.32 Å². The predicted octanol–water partition coefficient (Wildman–Crippen LogP) is 4.31. The topological polar surface area (TPSA) is 28.2 Å². The molecule has 1 N–H and O–H groups in total. The van der Waals surface area contributed by atoms with Crippen molar-refractivity contribution in [2.45, 2.75) is 45.7 Å². The number of anilines is 1. The third kappa shape index (κ3) is 3.88. The highest BCUT2D eigenvalue weighted by Gasteiger charge is 2.31. The van der Waals surface area contributed by atoms with Crippen molar-refractivity contribution in [1.29, 1.82) is 0 Å². The Balaban J connectivity index is 1.77. The third-order valence-electron chi connectivity index (χ3n) is 4.30. The number of rotatable bonds is 5. The molecule has 1 saturated carbocycles. The lowest BCUT2D eigenvalue weighted by Crippen LogP contribution is -2.36. The van der Waals surface area contributed by atoms with Crippen molar-refractivity contribution in [1.82, 2.24) is 9.88 Å². The molecule has 23 heavy (non-hydrogen) atoms. The first-order valence-electron chi connectivity index (χ1n) is 8.24. The quantitative estimate of drug-likeness (QED) is 0.829. The standard InChI is InChI=1S/C19H23N3S/c1-3-16-8-4-6-14(2)18(16)21-19(23)22(17-9-10-17)13-15-7-5-11-20-12-15/h4-8,11-12,17H,3,9-10,13H2,1-2H3,(H,21,23). The Morgan fingerprint density at radius 2 is 2.13 bits per heavy atom. The molecule has 3 rings (SSSR count). The summed E-state index contributed by atoms with van der Waals surface area (Å²) in [6.07, 6.45) is 7.16. The van der Waals surface area contributed by atoms with Crippen LogP contribution in [0.15, 0.2) is 42.7 Å². The monoisotopic (exact) mass is 325 g/mol. The van der Waals surface area contributed by atoms with Gasteiger partial charge in [0.05, 0.1) is 0 Å². The summed E-state index contributed by atoms with van der Waals surface area (Å²) in [5.74, 6) is 0. The first kappa shape index (κ1) is 15.9. The van der Waals surface area contributed by atoms with E-state index in [1.807, 2.05) is 18.5 Å². The highest BCUT2D eigenvalue weighted by molar-refractivity contribution is 7.80. The Hall–Kier alpha value is -1.94. The van der Waals surface area contributed by atoms with Crippen LogP contribution in [0.5, 0.6) is 0 Å². The Kier molecular flexibility index (Phi) is 4.91. The molecule has 120 valence electrons. The molecule has 0 amide bonds. The molecule has 0 radical (unpaired) electrons. The fourth-order valence-electron chi connectivity index (χ4n) is 2.82. The van der Waals surface area contributed by atoms with Crippen LogP contribution in [0.2, 0.25) is 0 Å². The van der Waals surface area contributed by atoms with Gasteiger partial charge in [0, 0.05) is 30.7 Å². The van der Waals surface area contributed by atoms with Gasteiger partial charge in [-0.15, -0.1) is 0 Å². The Morgan fingerprint density at radius 3 is 2.78 bits per heavy atom.